The second kappa shape index (κ2) is 7.34. The topological polar surface area (TPSA) is 93.9 Å². The predicted molar refractivity (Wildman–Crippen MR) is 100 cm³/mol. The Balaban J connectivity index is 1.57. The Morgan fingerprint density at radius 2 is 1.96 bits per heavy atom. The molecule has 0 radical (unpaired) electrons. The fourth-order valence-electron chi connectivity index (χ4n) is 3.21. The highest BCUT2D eigenvalue weighted by Gasteiger charge is 2.32. The number of esters is 1. The number of rotatable bonds is 5. The van der Waals surface area contributed by atoms with E-state index in [9.17, 15) is 18.0 Å². The van der Waals surface area contributed by atoms with E-state index in [4.69, 9.17) is 9.15 Å². The van der Waals surface area contributed by atoms with Crippen molar-refractivity contribution >= 4 is 32.7 Å². The maximum atomic E-state index is 12.2. The van der Waals surface area contributed by atoms with E-state index in [1.807, 2.05) is 26.0 Å². The summed E-state index contributed by atoms with van der Waals surface area (Å²) in [7, 11) is -1.54. The number of likely N-dealkylation sites (N-methyl/N-ethyl adjacent to an activating group) is 1. The molecule has 2 heterocycles. The van der Waals surface area contributed by atoms with Gasteiger partial charge in [0.05, 0.1) is 24.2 Å². The number of nitrogens with zero attached hydrogens (tertiary/aromatic N) is 1. The molecule has 146 valence electrons. The van der Waals surface area contributed by atoms with E-state index < -0.39 is 28.3 Å². The van der Waals surface area contributed by atoms with Crippen molar-refractivity contribution in [3.05, 3.63) is 35.1 Å². The number of sulfone groups is 1. The molecule has 1 amide bonds. The highest BCUT2D eigenvalue weighted by Crippen LogP contribution is 2.25. The van der Waals surface area contributed by atoms with E-state index in [1.165, 1.54) is 18.2 Å². The van der Waals surface area contributed by atoms with Gasteiger partial charge in [-0.1, -0.05) is 0 Å². The number of benzene rings is 1. The lowest BCUT2D eigenvalue weighted by atomic mass is 10.0. The molecule has 1 aromatic heterocycles. The van der Waals surface area contributed by atoms with Gasteiger partial charge >= 0.3 is 5.97 Å². The molecule has 0 unspecified atom stereocenters. The van der Waals surface area contributed by atoms with Crippen LogP contribution < -0.4 is 0 Å². The maximum Gasteiger partial charge on any atom is 0.310 e. The van der Waals surface area contributed by atoms with Crippen LogP contribution in [0.2, 0.25) is 0 Å². The quantitative estimate of drug-likeness (QED) is 0.719. The van der Waals surface area contributed by atoms with Crippen molar-refractivity contribution in [3.8, 4) is 0 Å². The Morgan fingerprint density at radius 1 is 1.26 bits per heavy atom. The van der Waals surface area contributed by atoms with Crippen LogP contribution in [0.5, 0.6) is 0 Å². The number of aryl methyl sites for hydroxylation is 2. The molecular weight excluding hydrogens is 370 g/mol. The highest BCUT2D eigenvalue weighted by atomic mass is 32.2. The first-order valence-electron chi connectivity index (χ1n) is 8.75. The van der Waals surface area contributed by atoms with Gasteiger partial charge in [-0.25, -0.2) is 8.42 Å². The summed E-state index contributed by atoms with van der Waals surface area (Å²) < 4.78 is 33.7. The summed E-state index contributed by atoms with van der Waals surface area (Å²) in [6.45, 7) is 3.57. The van der Waals surface area contributed by atoms with Gasteiger partial charge in [-0.15, -0.1) is 0 Å². The summed E-state index contributed by atoms with van der Waals surface area (Å²) in [5.74, 6) is -0.893. The number of carbonyl (C=O) groups is 2. The minimum Gasteiger partial charge on any atom is -0.464 e. The smallest absolute Gasteiger partial charge is 0.310 e. The van der Waals surface area contributed by atoms with Crippen LogP contribution in [0.4, 0.5) is 0 Å². The number of hydrogen-bond donors (Lipinski definition) is 0. The second-order valence-corrected chi connectivity index (χ2v) is 9.32. The SMILES string of the molecule is Cc1cc2occ(CC(=O)OCC(=O)N(C)[C@H]3CCS(=O)(=O)C3)c2cc1C. The van der Waals surface area contributed by atoms with Crippen LogP contribution in [-0.2, 0) is 30.6 Å². The van der Waals surface area contributed by atoms with Crippen molar-refractivity contribution in [3.63, 3.8) is 0 Å². The Hall–Kier alpha value is -2.35. The molecule has 1 fully saturated rings. The van der Waals surface area contributed by atoms with Crippen molar-refractivity contribution < 1.29 is 27.2 Å². The fraction of sp³-hybridized carbons (Fsp3) is 0.474. The maximum absolute atomic E-state index is 12.2. The van der Waals surface area contributed by atoms with Gasteiger partial charge in [0, 0.05) is 24.0 Å². The van der Waals surface area contributed by atoms with Gasteiger partial charge in [-0.05, 0) is 43.5 Å². The van der Waals surface area contributed by atoms with Crippen molar-refractivity contribution in [2.45, 2.75) is 32.7 Å². The Bertz CT molecular complexity index is 991. The van der Waals surface area contributed by atoms with Crippen molar-refractivity contribution in [2.75, 3.05) is 25.2 Å². The molecule has 0 bridgehead atoms. The van der Waals surface area contributed by atoms with Crippen LogP contribution in [0.15, 0.2) is 22.8 Å². The van der Waals surface area contributed by atoms with Crippen molar-refractivity contribution in [2.24, 2.45) is 0 Å². The molecule has 0 saturated carbocycles. The lowest BCUT2D eigenvalue weighted by Gasteiger charge is -2.23. The number of fused-ring (bicyclic) bond motifs is 1. The third kappa shape index (κ3) is 4.32. The molecule has 3 rings (SSSR count). The van der Waals surface area contributed by atoms with Crippen LogP contribution in [0.1, 0.15) is 23.1 Å². The molecule has 27 heavy (non-hydrogen) atoms. The summed E-state index contributed by atoms with van der Waals surface area (Å²) in [5, 5.41) is 0.856. The molecule has 0 aliphatic carbocycles. The predicted octanol–water partition coefficient (Wildman–Crippen LogP) is 1.78. The van der Waals surface area contributed by atoms with Crippen molar-refractivity contribution in [1.82, 2.24) is 4.90 Å². The van der Waals surface area contributed by atoms with E-state index in [2.05, 4.69) is 0 Å². The molecule has 0 N–H and O–H groups in total. The number of amides is 1. The molecule has 1 atom stereocenters. The molecule has 1 saturated heterocycles. The third-order valence-electron chi connectivity index (χ3n) is 5.11. The van der Waals surface area contributed by atoms with Crippen LogP contribution in [-0.4, -0.2) is 56.4 Å². The lowest BCUT2D eigenvalue weighted by Crippen LogP contribution is -2.40. The second-order valence-electron chi connectivity index (χ2n) is 7.09. The first kappa shape index (κ1) is 19.4. The van der Waals surface area contributed by atoms with E-state index in [1.54, 1.807) is 0 Å². The minimum atomic E-state index is -3.08. The molecular formula is C19H23NO6S. The first-order chi connectivity index (χ1) is 12.7. The van der Waals surface area contributed by atoms with Gasteiger partial charge in [-0.3, -0.25) is 9.59 Å². The Morgan fingerprint density at radius 3 is 2.63 bits per heavy atom. The number of ether oxygens (including phenoxy) is 1. The first-order valence-corrected chi connectivity index (χ1v) is 10.6. The summed E-state index contributed by atoms with van der Waals surface area (Å²) in [6.07, 6.45) is 1.95. The van der Waals surface area contributed by atoms with Gasteiger partial charge in [0.1, 0.15) is 5.58 Å². The standard InChI is InChI=1S/C19H23NO6S/c1-12-6-16-14(9-25-17(16)7-13(12)2)8-19(22)26-10-18(21)20(3)15-4-5-27(23,24)11-15/h6-7,9,15H,4-5,8,10-11H2,1-3H3/t15-/m0/s1. The molecule has 1 aliphatic rings. The van der Waals surface area contributed by atoms with Crippen molar-refractivity contribution in [1.29, 1.82) is 0 Å². The Kier molecular flexibility index (Phi) is 5.28. The fourth-order valence-corrected chi connectivity index (χ4v) is 4.98. The average molecular weight is 393 g/mol. The lowest BCUT2D eigenvalue weighted by molar-refractivity contribution is -0.151. The van der Waals surface area contributed by atoms with Gasteiger partial charge in [-0.2, -0.15) is 0 Å². The largest absolute Gasteiger partial charge is 0.464 e. The van der Waals surface area contributed by atoms with E-state index in [-0.39, 0.29) is 24.0 Å². The zero-order chi connectivity index (χ0) is 19.8. The van der Waals surface area contributed by atoms with Crippen LogP contribution >= 0.6 is 0 Å². The van der Waals surface area contributed by atoms with Crippen LogP contribution in [0.3, 0.4) is 0 Å². The third-order valence-corrected chi connectivity index (χ3v) is 6.86. The van der Waals surface area contributed by atoms with Crippen LogP contribution in [0, 0.1) is 13.8 Å². The van der Waals surface area contributed by atoms with E-state index in [0.717, 1.165) is 16.5 Å². The normalized spacial score (nSPS) is 18.6. The average Bonchev–Trinajstić information content (AvgIpc) is 3.15. The number of carbonyl (C=O) groups excluding carboxylic acids is 2. The molecule has 2 aromatic rings. The molecule has 8 heteroatoms. The van der Waals surface area contributed by atoms with E-state index in [0.29, 0.717) is 17.6 Å². The van der Waals surface area contributed by atoms with Gasteiger partial charge < -0.3 is 14.1 Å². The zero-order valence-corrected chi connectivity index (χ0v) is 16.5. The molecule has 1 aliphatic heterocycles. The number of hydrogen-bond acceptors (Lipinski definition) is 6. The number of furan rings is 1. The van der Waals surface area contributed by atoms with Gasteiger partial charge in [0.15, 0.2) is 16.4 Å². The summed E-state index contributed by atoms with van der Waals surface area (Å²) >= 11 is 0. The molecule has 7 nitrogen and oxygen atoms in total. The summed E-state index contributed by atoms with van der Waals surface area (Å²) in [4.78, 5) is 25.7. The molecule has 0 spiro atoms. The Labute approximate surface area is 158 Å². The summed E-state index contributed by atoms with van der Waals surface area (Å²) in [6, 6.07) is 3.54. The monoisotopic (exact) mass is 393 g/mol. The minimum absolute atomic E-state index is 0.00427. The zero-order valence-electron chi connectivity index (χ0n) is 15.6. The molecule has 1 aromatic carbocycles. The van der Waals surface area contributed by atoms with Gasteiger partial charge in [0.2, 0.25) is 0 Å². The highest BCUT2D eigenvalue weighted by molar-refractivity contribution is 7.91. The van der Waals surface area contributed by atoms with Gasteiger partial charge in [0.25, 0.3) is 5.91 Å². The van der Waals surface area contributed by atoms with E-state index >= 15 is 0 Å². The summed E-state index contributed by atoms with van der Waals surface area (Å²) in [5.41, 5.74) is 3.62. The van der Waals surface area contributed by atoms with Crippen LogP contribution in [0.25, 0.3) is 11.0 Å².